The van der Waals surface area contributed by atoms with Crippen LogP contribution in [0.1, 0.15) is 0 Å². The number of halogens is 4. The number of hydrogen-bond donors (Lipinski definition) is 0. The monoisotopic (exact) mass is 335 g/mol. The molecule has 7 heteroatoms. The number of rotatable bonds is 2. The molecule has 0 bridgehead atoms. The molecule has 2 aromatic carbocycles. The van der Waals surface area contributed by atoms with Gasteiger partial charge in [-0.3, -0.25) is 10.1 Å². The highest BCUT2D eigenvalue weighted by molar-refractivity contribution is 6.46. The Morgan fingerprint density at radius 2 is 1.58 bits per heavy atom. The molecule has 2 rings (SSSR count). The van der Waals surface area contributed by atoms with Gasteiger partial charge in [0.05, 0.1) is 25.6 Å². The van der Waals surface area contributed by atoms with Crippen LogP contribution in [0.3, 0.4) is 0 Å². The predicted octanol–water partition coefficient (Wildman–Crippen LogP) is 5.88. The van der Waals surface area contributed by atoms with E-state index in [0.717, 1.165) is 0 Å². The van der Waals surface area contributed by atoms with Crippen LogP contribution in [0, 0.1) is 10.1 Å². The first kappa shape index (κ1) is 14.4. The SMILES string of the molecule is O=[N+]([O-])c1ccc(Cl)cc1-c1c(Cl)ccc(Cl)c1Cl. The van der Waals surface area contributed by atoms with E-state index < -0.39 is 4.92 Å². The summed E-state index contributed by atoms with van der Waals surface area (Å²) in [6, 6.07) is 7.20. The molecular weight excluding hydrogens is 332 g/mol. The van der Waals surface area contributed by atoms with Gasteiger partial charge in [-0.15, -0.1) is 0 Å². The summed E-state index contributed by atoms with van der Waals surface area (Å²) < 4.78 is 0. The second kappa shape index (κ2) is 5.55. The van der Waals surface area contributed by atoms with Crippen molar-refractivity contribution in [1.82, 2.24) is 0 Å². The molecule has 2 aromatic rings. The van der Waals surface area contributed by atoms with Crippen LogP contribution >= 0.6 is 46.4 Å². The fraction of sp³-hybridized carbons (Fsp3) is 0. The first-order valence-corrected chi connectivity index (χ1v) is 6.51. The lowest BCUT2D eigenvalue weighted by Crippen LogP contribution is -1.93. The molecule has 0 heterocycles. The Hall–Kier alpha value is -1.000. The zero-order valence-electron chi connectivity index (χ0n) is 9.16. The summed E-state index contributed by atoms with van der Waals surface area (Å²) >= 11 is 23.9. The molecule has 98 valence electrons. The standard InChI is InChI=1S/C12H5Cl4NO2/c13-6-1-4-10(17(18)19)7(5-6)11-8(14)2-3-9(15)12(11)16/h1-5H. The van der Waals surface area contributed by atoms with E-state index in [1.807, 2.05) is 0 Å². The van der Waals surface area contributed by atoms with Crippen molar-refractivity contribution in [3.8, 4) is 11.1 Å². The molecule has 3 nitrogen and oxygen atoms in total. The van der Waals surface area contributed by atoms with Crippen LogP contribution in [-0.2, 0) is 0 Å². The fourth-order valence-corrected chi connectivity index (χ4v) is 2.55. The second-order valence-corrected chi connectivity index (χ2v) is 5.27. The zero-order chi connectivity index (χ0) is 14.2. The van der Waals surface area contributed by atoms with Crippen LogP contribution in [-0.4, -0.2) is 4.92 Å². The summed E-state index contributed by atoms with van der Waals surface area (Å²) in [6.45, 7) is 0. The number of nitro benzene ring substituents is 1. The molecule has 0 aliphatic heterocycles. The van der Waals surface area contributed by atoms with Crippen molar-refractivity contribution >= 4 is 52.1 Å². The van der Waals surface area contributed by atoms with Gasteiger partial charge >= 0.3 is 0 Å². The van der Waals surface area contributed by atoms with Gasteiger partial charge in [0.15, 0.2) is 0 Å². The van der Waals surface area contributed by atoms with Crippen LogP contribution in [0.5, 0.6) is 0 Å². The van der Waals surface area contributed by atoms with Gasteiger partial charge in [0, 0.05) is 16.7 Å². The van der Waals surface area contributed by atoms with Crippen molar-refractivity contribution in [2.24, 2.45) is 0 Å². The summed E-state index contributed by atoms with van der Waals surface area (Å²) in [5.74, 6) is 0. The van der Waals surface area contributed by atoms with Crippen molar-refractivity contribution in [3.05, 3.63) is 60.5 Å². The molecule has 0 aromatic heterocycles. The number of hydrogen-bond acceptors (Lipinski definition) is 2. The quantitative estimate of drug-likeness (QED) is 0.390. The van der Waals surface area contributed by atoms with Gasteiger partial charge in [-0.1, -0.05) is 46.4 Å². The zero-order valence-corrected chi connectivity index (χ0v) is 12.2. The van der Waals surface area contributed by atoms with Gasteiger partial charge in [0.25, 0.3) is 5.69 Å². The molecule has 0 atom stereocenters. The minimum absolute atomic E-state index is 0.143. The third-order valence-corrected chi connectivity index (χ3v) is 3.82. The second-order valence-electron chi connectivity index (χ2n) is 3.64. The third-order valence-electron chi connectivity index (χ3n) is 2.47. The van der Waals surface area contributed by atoms with Gasteiger partial charge in [-0.05, 0) is 24.3 Å². The highest BCUT2D eigenvalue weighted by Crippen LogP contribution is 2.43. The van der Waals surface area contributed by atoms with Crippen LogP contribution in [0.25, 0.3) is 11.1 Å². The predicted molar refractivity (Wildman–Crippen MR) is 78.6 cm³/mol. The van der Waals surface area contributed by atoms with E-state index in [4.69, 9.17) is 46.4 Å². The smallest absolute Gasteiger partial charge is 0.258 e. The maximum Gasteiger partial charge on any atom is 0.277 e. The molecule has 0 spiro atoms. The average Bonchev–Trinajstić information content (AvgIpc) is 2.34. The highest BCUT2D eigenvalue weighted by Gasteiger charge is 2.21. The molecule has 0 fully saturated rings. The Bertz CT molecular complexity index is 673. The van der Waals surface area contributed by atoms with E-state index >= 15 is 0 Å². The first-order chi connectivity index (χ1) is 8.91. The van der Waals surface area contributed by atoms with Crippen LogP contribution in [0.2, 0.25) is 20.1 Å². The van der Waals surface area contributed by atoms with Gasteiger partial charge in [0.1, 0.15) is 0 Å². The van der Waals surface area contributed by atoms with Gasteiger partial charge in [-0.2, -0.15) is 0 Å². The van der Waals surface area contributed by atoms with Crippen molar-refractivity contribution in [1.29, 1.82) is 0 Å². The van der Waals surface area contributed by atoms with Crippen molar-refractivity contribution in [3.63, 3.8) is 0 Å². The average molecular weight is 337 g/mol. The van der Waals surface area contributed by atoms with E-state index in [-0.39, 0.29) is 26.3 Å². The maximum atomic E-state index is 11.1. The Morgan fingerprint density at radius 1 is 0.947 bits per heavy atom. The van der Waals surface area contributed by atoms with Gasteiger partial charge in [-0.25, -0.2) is 0 Å². The minimum Gasteiger partial charge on any atom is -0.258 e. The van der Waals surface area contributed by atoms with Crippen LogP contribution in [0.15, 0.2) is 30.3 Å². The Balaban J connectivity index is 2.82. The summed E-state index contributed by atoms with van der Waals surface area (Å²) in [4.78, 5) is 10.5. The van der Waals surface area contributed by atoms with E-state index in [2.05, 4.69) is 0 Å². The topological polar surface area (TPSA) is 43.1 Å². The molecular formula is C12H5Cl4NO2. The summed E-state index contributed by atoms with van der Waals surface area (Å²) in [7, 11) is 0. The van der Waals surface area contributed by atoms with Gasteiger partial charge in [0.2, 0.25) is 0 Å². The van der Waals surface area contributed by atoms with Crippen LogP contribution < -0.4 is 0 Å². The molecule has 19 heavy (non-hydrogen) atoms. The molecule has 0 aliphatic carbocycles. The fourth-order valence-electron chi connectivity index (χ4n) is 1.64. The molecule has 0 aliphatic rings. The molecule has 0 radical (unpaired) electrons. The lowest BCUT2D eigenvalue weighted by molar-refractivity contribution is -0.384. The third kappa shape index (κ3) is 2.79. The summed E-state index contributed by atoms with van der Waals surface area (Å²) in [5, 5.41) is 12.1. The Morgan fingerprint density at radius 3 is 2.21 bits per heavy atom. The summed E-state index contributed by atoms with van der Waals surface area (Å²) in [5.41, 5.74) is 0.385. The van der Waals surface area contributed by atoms with Crippen LogP contribution in [0.4, 0.5) is 5.69 Å². The Labute approximate surface area is 128 Å². The number of nitrogens with zero attached hydrogens (tertiary/aromatic N) is 1. The minimum atomic E-state index is -0.529. The highest BCUT2D eigenvalue weighted by atomic mass is 35.5. The van der Waals surface area contributed by atoms with Crippen molar-refractivity contribution < 1.29 is 4.92 Å². The lowest BCUT2D eigenvalue weighted by Gasteiger charge is -2.09. The number of nitro groups is 1. The van der Waals surface area contributed by atoms with E-state index in [9.17, 15) is 10.1 Å². The van der Waals surface area contributed by atoms with Crippen molar-refractivity contribution in [2.75, 3.05) is 0 Å². The maximum absolute atomic E-state index is 11.1. The number of benzene rings is 2. The molecule has 0 N–H and O–H groups in total. The normalized spacial score (nSPS) is 10.5. The van der Waals surface area contributed by atoms with E-state index in [1.54, 1.807) is 0 Å². The summed E-state index contributed by atoms with van der Waals surface area (Å²) in [6.07, 6.45) is 0. The molecule has 0 unspecified atom stereocenters. The largest absolute Gasteiger partial charge is 0.277 e. The van der Waals surface area contributed by atoms with E-state index in [0.29, 0.717) is 10.6 Å². The molecule has 0 amide bonds. The van der Waals surface area contributed by atoms with Gasteiger partial charge < -0.3 is 0 Å². The molecule has 0 saturated carbocycles. The first-order valence-electron chi connectivity index (χ1n) is 4.99. The Kier molecular flexibility index (Phi) is 4.21. The van der Waals surface area contributed by atoms with Crippen molar-refractivity contribution in [2.45, 2.75) is 0 Å². The van der Waals surface area contributed by atoms with E-state index in [1.165, 1.54) is 30.3 Å². The molecule has 0 saturated heterocycles. The lowest BCUT2D eigenvalue weighted by atomic mass is 10.0.